The number of aliphatic hydroxyl groups is 1. The van der Waals surface area contributed by atoms with Gasteiger partial charge in [-0.05, 0) is 49.8 Å². The molecule has 1 saturated carbocycles. The number of morpholine rings is 1. The molecule has 36 heavy (non-hydrogen) atoms. The average Bonchev–Trinajstić information content (AvgIpc) is 3.21. The van der Waals surface area contributed by atoms with Crippen molar-refractivity contribution < 1.29 is 23.8 Å². The minimum atomic E-state index is -0.631. The van der Waals surface area contributed by atoms with E-state index in [1.54, 1.807) is 13.2 Å². The molecule has 0 spiro atoms. The Labute approximate surface area is 213 Å². The molecule has 1 aliphatic heterocycles. The molecule has 1 saturated heterocycles. The van der Waals surface area contributed by atoms with Gasteiger partial charge < -0.3 is 25.2 Å². The molecule has 0 bridgehead atoms. The number of nitrogens with zero attached hydrogens (tertiary/aromatic N) is 1. The Morgan fingerprint density at radius 1 is 1.25 bits per heavy atom. The molecule has 2 aliphatic rings. The molecule has 3 N–H and O–H groups in total. The minimum absolute atomic E-state index is 0.0339. The molecule has 1 heterocycles. The first-order valence-electron chi connectivity index (χ1n) is 13.1. The summed E-state index contributed by atoms with van der Waals surface area (Å²) in [4.78, 5) is 15.2. The first-order valence-corrected chi connectivity index (χ1v) is 13.1. The largest absolute Gasteiger partial charge is 0.391 e. The van der Waals surface area contributed by atoms with Crippen molar-refractivity contribution in [2.24, 2.45) is 11.7 Å². The van der Waals surface area contributed by atoms with Gasteiger partial charge in [0.05, 0.1) is 18.8 Å². The van der Waals surface area contributed by atoms with Crippen LogP contribution in [0.1, 0.15) is 49.1 Å². The van der Waals surface area contributed by atoms with Crippen molar-refractivity contribution in [1.82, 2.24) is 4.90 Å². The maximum atomic E-state index is 15.4. The van der Waals surface area contributed by atoms with Gasteiger partial charge in [-0.3, -0.25) is 4.79 Å². The number of unbranched alkanes of at least 4 members (excludes halogenated alkanes) is 1. The molecule has 4 rings (SSSR count). The molecule has 1 unspecified atom stereocenters. The standard InChI is InChI=1S/C29H39FN2O4/c1-19-7-5-8-20(15-19)28-23(10-6-11-24(28)30)22(9-3-4-13-35-2)27-18-32(12-14-36-27)29(34)21-16-25(31)26(33)17-21/h5-8,10-11,15,21-22,25-27,33H,3-4,9,12-14,16-18,31H2,1-2H3/t21-,22-,25+,26-,27?/m0/s1. The number of ether oxygens (including phenoxy) is 2. The van der Waals surface area contributed by atoms with Crippen LogP contribution in [0.5, 0.6) is 0 Å². The number of aliphatic hydroxyl groups excluding tert-OH is 1. The Bertz CT molecular complexity index is 1020. The number of nitrogens with two attached hydrogens (primary N) is 1. The third kappa shape index (κ3) is 6.14. The highest BCUT2D eigenvalue weighted by atomic mass is 19.1. The number of carbonyl (C=O) groups excluding carboxylic acids is 1. The zero-order valence-corrected chi connectivity index (χ0v) is 21.4. The van der Waals surface area contributed by atoms with Crippen molar-refractivity contribution in [3.8, 4) is 11.1 Å². The highest BCUT2D eigenvalue weighted by Gasteiger charge is 2.39. The minimum Gasteiger partial charge on any atom is -0.391 e. The highest BCUT2D eigenvalue weighted by molar-refractivity contribution is 5.79. The van der Waals surface area contributed by atoms with E-state index < -0.39 is 6.10 Å². The lowest BCUT2D eigenvalue weighted by atomic mass is 9.82. The summed E-state index contributed by atoms with van der Waals surface area (Å²) in [7, 11) is 1.69. The summed E-state index contributed by atoms with van der Waals surface area (Å²) >= 11 is 0. The average molecular weight is 499 g/mol. The van der Waals surface area contributed by atoms with E-state index in [9.17, 15) is 9.90 Å². The van der Waals surface area contributed by atoms with Crippen LogP contribution in [0.2, 0.25) is 0 Å². The third-order valence-corrected chi connectivity index (χ3v) is 7.65. The van der Waals surface area contributed by atoms with Crippen molar-refractivity contribution in [2.45, 2.75) is 63.2 Å². The van der Waals surface area contributed by atoms with Crippen molar-refractivity contribution in [2.75, 3.05) is 33.4 Å². The summed E-state index contributed by atoms with van der Waals surface area (Å²) in [5.41, 5.74) is 9.41. The SMILES string of the molecule is COCCCC[C@@H](c1cccc(F)c1-c1cccc(C)c1)C1CN(C(=O)[C@H]2C[C@@H](N)[C@@H](O)C2)CCO1. The number of hydrogen-bond acceptors (Lipinski definition) is 5. The second-order valence-corrected chi connectivity index (χ2v) is 10.3. The van der Waals surface area contributed by atoms with Crippen LogP contribution in [0.15, 0.2) is 42.5 Å². The molecule has 1 amide bonds. The lowest BCUT2D eigenvalue weighted by Gasteiger charge is -2.39. The molecule has 2 aromatic carbocycles. The van der Waals surface area contributed by atoms with Crippen LogP contribution in [0.4, 0.5) is 4.39 Å². The van der Waals surface area contributed by atoms with Crippen LogP contribution in [-0.2, 0) is 14.3 Å². The quantitative estimate of drug-likeness (QED) is 0.510. The van der Waals surface area contributed by atoms with Crippen molar-refractivity contribution in [1.29, 1.82) is 0 Å². The van der Waals surface area contributed by atoms with Gasteiger partial charge in [-0.15, -0.1) is 0 Å². The topological polar surface area (TPSA) is 85.0 Å². The predicted octanol–water partition coefficient (Wildman–Crippen LogP) is 4.03. The number of methoxy groups -OCH3 is 1. The number of amides is 1. The van der Waals surface area contributed by atoms with Crippen LogP contribution < -0.4 is 5.73 Å². The number of rotatable bonds is 9. The molecule has 196 valence electrons. The fourth-order valence-corrected chi connectivity index (χ4v) is 5.73. The number of carbonyl (C=O) groups is 1. The lowest BCUT2D eigenvalue weighted by molar-refractivity contribution is -0.144. The predicted molar refractivity (Wildman–Crippen MR) is 138 cm³/mol. The molecule has 2 fully saturated rings. The Balaban J connectivity index is 1.62. The maximum Gasteiger partial charge on any atom is 0.226 e. The Morgan fingerprint density at radius 3 is 2.78 bits per heavy atom. The maximum absolute atomic E-state index is 15.4. The van der Waals surface area contributed by atoms with Crippen LogP contribution >= 0.6 is 0 Å². The lowest BCUT2D eigenvalue weighted by Crippen LogP contribution is -2.49. The van der Waals surface area contributed by atoms with Gasteiger partial charge in [-0.2, -0.15) is 0 Å². The van der Waals surface area contributed by atoms with Crippen molar-refractivity contribution in [3.63, 3.8) is 0 Å². The second kappa shape index (κ2) is 12.3. The van der Waals surface area contributed by atoms with Gasteiger partial charge in [0.25, 0.3) is 0 Å². The van der Waals surface area contributed by atoms with Gasteiger partial charge in [-0.25, -0.2) is 4.39 Å². The molecule has 5 atom stereocenters. The zero-order chi connectivity index (χ0) is 25.7. The Kier molecular flexibility index (Phi) is 9.12. The van der Waals surface area contributed by atoms with E-state index in [1.165, 1.54) is 6.07 Å². The van der Waals surface area contributed by atoms with Crippen LogP contribution in [0.25, 0.3) is 11.1 Å². The zero-order valence-electron chi connectivity index (χ0n) is 21.4. The normalized spacial score (nSPS) is 25.2. The monoisotopic (exact) mass is 498 g/mol. The fourth-order valence-electron chi connectivity index (χ4n) is 5.73. The second-order valence-electron chi connectivity index (χ2n) is 10.3. The highest BCUT2D eigenvalue weighted by Crippen LogP contribution is 2.38. The molecule has 1 aliphatic carbocycles. The molecule has 0 aromatic heterocycles. The van der Waals surface area contributed by atoms with E-state index >= 15 is 4.39 Å². The molecular weight excluding hydrogens is 459 g/mol. The number of benzene rings is 2. The Morgan fingerprint density at radius 2 is 2.06 bits per heavy atom. The van der Waals surface area contributed by atoms with Crippen LogP contribution in [0.3, 0.4) is 0 Å². The van der Waals surface area contributed by atoms with Gasteiger partial charge in [0.1, 0.15) is 5.82 Å². The van der Waals surface area contributed by atoms with Gasteiger partial charge in [0.2, 0.25) is 5.91 Å². The summed E-state index contributed by atoms with van der Waals surface area (Å²) in [6, 6.07) is 12.8. The summed E-state index contributed by atoms with van der Waals surface area (Å²) in [5.74, 6) is -0.560. The van der Waals surface area contributed by atoms with E-state index in [0.29, 0.717) is 44.7 Å². The molecule has 0 radical (unpaired) electrons. The van der Waals surface area contributed by atoms with Crippen molar-refractivity contribution >= 4 is 5.91 Å². The molecular formula is C29H39FN2O4. The third-order valence-electron chi connectivity index (χ3n) is 7.65. The van der Waals surface area contributed by atoms with Crippen LogP contribution in [-0.4, -0.2) is 67.6 Å². The summed E-state index contributed by atoms with van der Waals surface area (Å²) < 4.78 is 26.9. The summed E-state index contributed by atoms with van der Waals surface area (Å²) in [6.07, 6.45) is 2.62. The van der Waals surface area contributed by atoms with E-state index in [4.69, 9.17) is 15.2 Å². The smallest absolute Gasteiger partial charge is 0.226 e. The van der Waals surface area contributed by atoms with Crippen molar-refractivity contribution in [3.05, 3.63) is 59.4 Å². The first kappa shape index (κ1) is 26.7. The van der Waals surface area contributed by atoms with E-state index in [-0.39, 0.29) is 35.7 Å². The summed E-state index contributed by atoms with van der Waals surface area (Å²) in [5, 5.41) is 10.1. The first-order chi connectivity index (χ1) is 17.4. The molecule has 6 nitrogen and oxygen atoms in total. The van der Waals surface area contributed by atoms with Gasteiger partial charge >= 0.3 is 0 Å². The van der Waals surface area contributed by atoms with Gasteiger partial charge in [0, 0.05) is 50.2 Å². The van der Waals surface area contributed by atoms with Gasteiger partial charge in [-0.1, -0.05) is 48.4 Å². The van der Waals surface area contributed by atoms with E-state index in [0.717, 1.165) is 36.0 Å². The van der Waals surface area contributed by atoms with Crippen LogP contribution in [0, 0.1) is 18.7 Å². The summed E-state index contributed by atoms with van der Waals surface area (Å²) in [6.45, 7) is 4.06. The number of aryl methyl sites for hydroxylation is 1. The number of hydrogen-bond donors (Lipinski definition) is 2. The van der Waals surface area contributed by atoms with Gasteiger partial charge in [0.15, 0.2) is 0 Å². The Hall–Kier alpha value is -2.32. The molecule has 2 aromatic rings. The number of halogens is 1. The van der Waals surface area contributed by atoms with E-state index in [2.05, 4.69) is 0 Å². The molecule has 7 heteroatoms. The van der Waals surface area contributed by atoms with E-state index in [1.807, 2.05) is 42.2 Å². The fraction of sp³-hybridized carbons (Fsp3) is 0.552.